The molecule has 0 saturated carbocycles. The van der Waals surface area contributed by atoms with Crippen molar-refractivity contribution in [2.75, 3.05) is 32.8 Å². The van der Waals surface area contributed by atoms with Gasteiger partial charge in [-0.2, -0.15) is 0 Å². The Kier molecular flexibility index (Phi) is 5.01. The molecule has 2 fully saturated rings. The molecule has 4 heteroatoms. The second-order valence-corrected chi connectivity index (χ2v) is 5.81. The van der Waals surface area contributed by atoms with Crippen LogP contribution in [-0.4, -0.2) is 60.5 Å². The van der Waals surface area contributed by atoms with Crippen molar-refractivity contribution in [2.45, 2.75) is 57.3 Å². The molecule has 0 spiro atoms. The Bertz CT molecular complexity index is 256. The first-order chi connectivity index (χ1) is 8.67. The predicted molar refractivity (Wildman–Crippen MR) is 72.7 cm³/mol. The summed E-state index contributed by atoms with van der Waals surface area (Å²) in [6.45, 7) is 8.77. The van der Waals surface area contributed by atoms with Crippen LogP contribution in [0.2, 0.25) is 0 Å². The maximum atomic E-state index is 10.2. The van der Waals surface area contributed by atoms with Crippen LogP contribution in [0.15, 0.2) is 0 Å². The number of morpholine rings is 1. The summed E-state index contributed by atoms with van der Waals surface area (Å²) in [5, 5.41) is 13.6. The van der Waals surface area contributed by atoms with Crippen LogP contribution in [-0.2, 0) is 4.74 Å². The molecule has 2 rings (SSSR count). The zero-order valence-corrected chi connectivity index (χ0v) is 11.8. The highest BCUT2D eigenvalue weighted by Gasteiger charge is 2.32. The van der Waals surface area contributed by atoms with Crippen LogP contribution in [0.1, 0.15) is 39.5 Å². The van der Waals surface area contributed by atoms with Gasteiger partial charge >= 0.3 is 0 Å². The van der Waals surface area contributed by atoms with E-state index in [0.29, 0.717) is 12.6 Å². The fraction of sp³-hybridized carbons (Fsp3) is 1.00. The lowest BCUT2D eigenvalue weighted by Gasteiger charge is -2.36. The number of hydrogen-bond acceptors (Lipinski definition) is 4. The van der Waals surface area contributed by atoms with Crippen LogP contribution in [0.4, 0.5) is 0 Å². The lowest BCUT2D eigenvalue weighted by molar-refractivity contribution is -0.0499. The molecule has 2 unspecified atom stereocenters. The van der Waals surface area contributed by atoms with Gasteiger partial charge < -0.3 is 15.2 Å². The Balaban J connectivity index is 1.68. The van der Waals surface area contributed by atoms with E-state index in [1.54, 1.807) is 0 Å². The molecule has 2 saturated heterocycles. The topological polar surface area (TPSA) is 44.7 Å². The van der Waals surface area contributed by atoms with E-state index in [4.69, 9.17) is 4.74 Å². The van der Waals surface area contributed by atoms with E-state index < -0.39 is 5.60 Å². The molecule has 0 aromatic heterocycles. The van der Waals surface area contributed by atoms with E-state index >= 15 is 0 Å². The van der Waals surface area contributed by atoms with E-state index in [0.717, 1.165) is 32.5 Å². The minimum Gasteiger partial charge on any atom is -0.389 e. The average molecular weight is 256 g/mol. The number of nitrogens with one attached hydrogen (secondary N) is 1. The number of aliphatic hydroxyl groups is 1. The van der Waals surface area contributed by atoms with Crippen LogP contribution in [0.5, 0.6) is 0 Å². The van der Waals surface area contributed by atoms with Gasteiger partial charge in [0.25, 0.3) is 0 Å². The first-order valence-corrected chi connectivity index (χ1v) is 7.45. The molecule has 0 bridgehead atoms. The van der Waals surface area contributed by atoms with Crippen molar-refractivity contribution in [3.05, 3.63) is 0 Å². The van der Waals surface area contributed by atoms with Crippen molar-refractivity contribution in [1.29, 1.82) is 0 Å². The van der Waals surface area contributed by atoms with Crippen molar-refractivity contribution in [3.8, 4) is 0 Å². The van der Waals surface area contributed by atoms with Gasteiger partial charge in [0.2, 0.25) is 0 Å². The highest BCUT2D eigenvalue weighted by Crippen LogP contribution is 2.22. The van der Waals surface area contributed by atoms with Crippen LogP contribution in [0.25, 0.3) is 0 Å². The van der Waals surface area contributed by atoms with E-state index in [-0.39, 0.29) is 6.10 Å². The predicted octanol–water partition coefficient (Wildman–Crippen LogP) is 0.990. The maximum absolute atomic E-state index is 10.2. The third-order valence-corrected chi connectivity index (χ3v) is 4.60. The molecule has 2 N–H and O–H groups in total. The highest BCUT2D eigenvalue weighted by atomic mass is 16.5. The third kappa shape index (κ3) is 3.44. The molecule has 2 atom stereocenters. The van der Waals surface area contributed by atoms with Crippen LogP contribution >= 0.6 is 0 Å². The fourth-order valence-corrected chi connectivity index (χ4v) is 2.97. The molecule has 0 radical (unpaired) electrons. The zero-order chi connectivity index (χ0) is 13.0. The van der Waals surface area contributed by atoms with E-state index in [1.807, 2.05) is 13.8 Å². The van der Waals surface area contributed by atoms with Gasteiger partial charge in [-0.1, -0.05) is 13.8 Å². The lowest BCUT2D eigenvalue weighted by Crippen LogP contribution is -2.51. The van der Waals surface area contributed by atoms with Gasteiger partial charge in [0.05, 0.1) is 18.3 Å². The Labute approximate surface area is 111 Å². The average Bonchev–Trinajstić information content (AvgIpc) is 2.86. The summed E-state index contributed by atoms with van der Waals surface area (Å²) in [6, 6.07) is 0.671. The Morgan fingerprint density at radius 1 is 1.39 bits per heavy atom. The van der Waals surface area contributed by atoms with E-state index in [2.05, 4.69) is 10.2 Å². The molecule has 2 heterocycles. The summed E-state index contributed by atoms with van der Waals surface area (Å²) in [7, 11) is 0. The molecule has 0 aromatic rings. The minimum absolute atomic E-state index is 0.289. The summed E-state index contributed by atoms with van der Waals surface area (Å²) in [4.78, 5) is 2.56. The number of hydrogen-bond donors (Lipinski definition) is 2. The minimum atomic E-state index is -0.551. The molecule has 0 aromatic carbocycles. The maximum Gasteiger partial charge on any atom is 0.0827 e. The first-order valence-electron chi connectivity index (χ1n) is 7.45. The van der Waals surface area contributed by atoms with Crippen LogP contribution < -0.4 is 5.32 Å². The number of fused-ring (bicyclic) bond motifs is 1. The quantitative estimate of drug-likeness (QED) is 0.744. The third-order valence-electron chi connectivity index (χ3n) is 4.60. The summed E-state index contributed by atoms with van der Waals surface area (Å²) in [5.74, 6) is 0. The second kappa shape index (κ2) is 6.33. The van der Waals surface area contributed by atoms with Crippen molar-refractivity contribution < 1.29 is 9.84 Å². The first kappa shape index (κ1) is 14.3. The Morgan fingerprint density at radius 3 is 2.89 bits per heavy atom. The normalized spacial score (nSPS) is 29.5. The van der Waals surface area contributed by atoms with Gasteiger partial charge in [-0.05, 0) is 32.2 Å². The molecule has 0 amide bonds. The van der Waals surface area contributed by atoms with Gasteiger partial charge in [0.1, 0.15) is 0 Å². The van der Waals surface area contributed by atoms with Gasteiger partial charge in [0.15, 0.2) is 0 Å². The molecule has 2 aliphatic heterocycles. The molecular formula is C14H28N2O2. The fourth-order valence-electron chi connectivity index (χ4n) is 2.97. The van der Waals surface area contributed by atoms with Crippen molar-refractivity contribution >= 4 is 0 Å². The van der Waals surface area contributed by atoms with Crippen LogP contribution in [0, 0.1) is 0 Å². The standard InChI is InChI=1S/C14H28N2O2/c1-3-14(17,4-2)11-15-8-13-9-16-7-5-6-12(16)10-18-13/h12-13,15,17H,3-11H2,1-2H3. The smallest absolute Gasteiger partial charge is 0.0827 e. The van der Waals surface area contributed by atoms with Gasteiger partial charge in [-0.25, -0.2) is 0 Å². The molecule has 0 aliphatic carbocycles. The molecule has 4 nitrogen and oxygen atoms in total. The van der Waals surface area contributed by atoms with Crippen molar-refractivity contribution in [3.63, 3.8) is 0 Å². The van der Waals surface area contributed by atoms with Crippen molar-refractivity contribution in [2.24, 2.45) is 0 Å². The molecule has 18 heavy (non-hydrogen) atoms. The highest BCUT2D eigenvalue weighted by molar-refractivity contribution is 4.86. The summed E-state index contributed by atoms with van der Waals surface area (Å²) >= 11 is 0. The lowest BCUT2D eigenvalue weighted by atomic mass is 9.97. The second-order valence-electron chi connectivity index (χ2n) is 5.81. The monoisotopic (exact) mass is 256 g/mol. The summed E-state index contributed by atoms with van der Waals surface area (Å²) in [5.41, 5.74) is -0.551. The number of nitrogens with zero attached hydrogens (tertiary/aromatic N) is 1. The van der Waals surface area contributed by atoms with E-state index in [1.165, 1.54) is 19.4 Å². The summed E-state index contributed by atoms with van der Waals surface area (Å²) in [6.07, 6.45) is 4.51. The molecular weight excluding hydrogens is 228 g/mol. The SMILES string of the molecule is CCC(O)(CC)CNCC1CN2CCCC2CO1. The van der Waals surface area contributed by atoms with Gasteiger partial charge in [-0.15, -0.1) is 0 Å². The molecule has 106 valence electrons. The number of rotatable bonds is 6. The Morgan fingerprint density at radius 2 is 2.17 bits per heavy atom. The summed E-state index contributed by atoms with van der Waals surface area (Å²) < 4.78 is 5.89. The Hall–Kier alpha value is -0.160. The largest absolute Gasteiger partial charge is 0.389 e. The number of ether oxygens (including phenoxy) is 1. The van der Waals surface area contributed by atoms with Crippen molar-refractivity contribution in [1.82, 2.24) is 10.2 Å². The van der Waals surface area contributed by atoms with Gasteiger partial charge in [0, 0.05) is 25.7 Å². The van der Waals surface area contributed by atoms with Gasteiger partial charge in [-0.3, -0.25) is 4.90 Å². The van der Waals surface area contributed by atoms with Crippen LogP contribution in [0.3, 0.4) is 0 Å². The molecule has 2 aliphatic rings. The zero-order valence-electron chi connectivity index (χ0n) is 11.8. The van der Waals surface area contributed by atoms with E-state index in [9.17, 15) is 5.11 Å².